The fourth-order valence-corrected chi connectivity index (χ4v) is 17.0. The largest absolute Gasteiger partial charge is 0.456 e. The summed E-state index contributed by atoms with van der Waals surface area (Å²) in [6, 6.07) is 138. The molecule has 0 fully saturated rings. The molecule has 0 saturated heterocycles. The smallest absolute Gasteiger partial charge is 0.143 e. The highest BCUT2D eigenvalue weighted by Gasteiger charge is 2.23. The van der Waals surface area contributed by atoms with Gasteiger partial charge in [-0.3, -0.25) is 0 Å². The normalized spacial score (nSPS) is 11.4. The van der Waals surface area contributed by atoms with E-state index in [0.717, 1.165) is 108 Å². The molecule has 0 radical (unpaired) electrons. The quantitative estimate of drug-likeness (QED) is 0.134. The SMILES string of the molecule is Cc1cc2ccccc2c2c1oc1ccc(Nc3ccccc3)cc12.Cc1ccc(Cc2c3ccccc3cc3c2oc2c(-c4ccccc4)cccc23)cc1.Cc1ccc(Cc2cccc3c2oc2c(-c4ccccc4)c4ccccc4cc23)cc1.c1ccc(Nc2ccc3oc4c(-c5ccccc5)c5ccccc5cc4c3c2)cc1. The van der Waals surface area contributed by atoms with Gasteiger partial charge in [0.25, 0.3) is 0 Å². The second kappa shape index (κ2) is 30.8. The Balaban J connectivity index is 0.000000101. The lowest BCUT2D eigenvalue weighted by Gasteiger charge is -2.09. The maximum absolute atomic E-state index is 6.67. The third-order valence-corrected chi connectivity index (χ3v) is 22.7. The summed E-state index contributed by atoms with van der Waals surface area (Å²) in [5.41, 5.74) is 27.7. The third kappa shape index (κ3) is 13.9. The predicted molar refractivity (Wildman–Crippen MR) is 493 cm³/mol. The Morgan fingerprint density at radius 1 is 0.231 bits per heavy atom. The number of benzene rings is 19. The number of hydrogen-bond donors (Lipinski definition) is 2. The first-order chi connectivity index (χ1) is 57.7. The Bertz CT molecular complexity index is 7610. The van der Waals surface area contributed by atoms with E-state index in [9.17, 15) is 0 Å². The van der Waals surface area contributed by atoms with Crippen molar-refractivity contribution in [3.8, 4) is 33.4 Å². The van der Waals surface area contributed by atoms with Crippen molar-refractivity contribution < 1.29 is 17.7 Å². The molecule has 0 atom stereocenters. The van der Waals surface area contributed by atoms with E-state index in [0.29, 0.717) is 0 Å². The molecule has 4 heterocycles. The topological polar surface area (TPSA) is 76.6 Å². The third-order valence-electron chi connectivity index (χ3n) is 22.7. The van der Waals surface area contributed by atoms with Gasteiger partial charge in [-0.1, -0.05) is 321 Å². The van der Waals surface area contributed by atoms with Gasteiger partial charge in [0.05, 0.1) is 0 Å². The molecule has 558 valence electrons. The van der Waals surface area contributed by atoms with Gasteiger partial charge < -0.3 is 28.3 Å². The van der Waals surface area contributed by atoms with Crippen molar-refractivity contribution in [1.82, 2.24) is 0 Å². The van der Waals surface area contributed by atoms with E-state index in [-0.39, 0.29) is 0 Å². The highest BCUT2D eigenvalue weighted by Crippen LogP contribution is 2.47. The zero-order valence-corrected chi connectivity index (χ0v) is 65.1. The molecule has 0 aliphatic heterocycles. The minimum atomic E-state index is 0.846. The van der Waals surface area contributed by atoms with E-state index >= 15 is 0 Å². The second-order valence-electron chi connectivity index (χ2n) is 30.5. The summed E-state index contributed by atoms with van der Waals surface area (Å²) in [5, 5.41) is 26.2. The molecule has 0 aliphatic rings. The van der Waals surface area contributed by atoms with E-state index in [2.05, 4.69) is 383 Å². The summed E-state index contributed by atoms with van der Waals surface area (Å²) in [7, 11) is 0. The van der Waals surface area contributed by atoms with Crippen LogP contribution in [-0.4, -0.2) is 0 Å². The molecular formula is C111H80N2O4. The fraction of sp³-hybridized carbons (Fsp3) is 0.0450. The molecule has 0 saturated carbocycles. The molecule has 0 unspecified atom stereocenters. The zero-order chi connectivity index (χ0) is 78.3. The number of fused-ring (bicyclic) bond motifs is 17. The summed E-state index contributed by atoms with van der Waals surface area (Å²) in [4.78, 5) is 0. The van der Waals surface area contributed by atoms with Crippen LogP contribution in [0.1, 0.15) is 38.9 Å². The Hall–Kier alpha value is -15.0. The molecule has 19 aromatic carbocycles. The highest BCUT2D eigenvalue weighted by atomic mass is 16.3. The van der Waals surface area contributed by atoms with Crippen LogP contribution < -0.4 is 10.6 Å². The molecule has 2 N–H and O–H groups in total. The van der Waals surface area contributed by atoms with Crippen LogP contribution >= 0.6 is 0 Å². The number of rotatable bonds is 11. The van der Waals surface area contributed by atoms with Crippen molar-refractivity contribution in [3.05, 3.63) is 433 Å². The van der Waals surface area contributed by atoms with Crippen molar-refractivity contribution in [3.63, 3.8) is 0 Å². The first kappa shape index (κ1) is 71.1. The predicted octanol–water partition coefficient (Wildman–Crippen LogP) is 31.6. The summed E-state index contributed by atoms with van der Waals surface area (Å²) in [6.45, 7) is 6.37. The van der Waals surface area contributed by atoms with Crippen molar-refractivity contribution in [2.75, 3.05) is 10.6 Å². The van der Waals surface area contributed by atoms with Gasteiger partial charge in [-0.15, -0.1) is 0 Å². The number of anilines is 4. The second-order valence-corrected chi connectivity index (χ2v) is 30.5. The van der Waals surface area contributed by atoms with E-state index in [1.807, 2.05) is 42.5 Å². The van der Waals surface area contributed by atoms with Crippen molar-refractivity contribution >= 4 is 154 Å². The first-order valence-electron chi connectivity index (χ1n) is 40.1. The van der Waals surface area contributed by atoms with Crippen molar-refractivity contribution in [1.29, 1.82) is 0 Å². The number of furan rings is 4. The average Bonchev–Trinajstić information content (AvgIpc) is 1.64. The van der Waals surface area contributed by atoms with Crippen LogP contribution in [0.25, 0.3) is 164 Å². The number of para-hydroxylation sites is 4. The van der Waals surface area contributed by atoms with Gasteiger partial charge in [-0.05, 0) is 188 Å². The first-order valence-corrected chi connectivity index (χ1v) is 40.1. The van der Waals surface area contributed by atoms with Gasteiger partial charge in [0.2, 0.25) is 0 Å². The Labute approximate surface area is 677 Å². The Morgan fingerprint density at radius 2 is 0.632 bits per heavy atom. The number of aryl methyl sites for hydroxylation is 3. The zero-order valence-electron chi connectivity index (χ0n) is 65.1. The molecule has 117 heavy (non-hydrogen) atoms. The van der Waals surface area contributed by atoms with Crippen LogP contribution in [0.4, 0.5) is 22.7 Å². The molecule has 6 nitrogen and oxygen atoms in total. The van der Waals surface area contributed by atoms with Crippen LogP contribution in [-0.2, 0) is 12.8 Å². The molecule has 6 heteroatoms. The van der Waals surface area contributed by atoms with Gasteiger partial charge in [0.15, 0.2) is 0 Å². The number of hydrogen-bond acceptors (Lipinski definition) is 6. The van der Waals surface area contributed by atoms with Crippen LogP contribution in [0.5, 0.6) is 0 Å². The van der Waals surface area contributed by atoms with Crippen LogP contribution in [0.3, 0.4) is 0 Å². The summed E-state index contributed by atoms with van der Waals surface area (Å²) < 4.78 is 25.9. The molecule has 23 aromatic rings. The summed E-state index contributed by atoms with van der Waals surface area (Å²) >= 11 is 0. The van der Waals surface area contributed by atoms with Crippen molar-refractivity contribution in [2.24, 2.45) is 0 Å². The van der Waals surface area contributed by atoms with Crippen molar-refractivity contribution in [2.45, 2.75) is 33.6 Å². The molecule has 0 amide bonds. The molecular weight excluding hydrogens is 1430 g/mol. The molecule has 0 bridgehead atoms. The lowest BCUT2D eigenvalue weighted by molar-refractivity contribution is 0.665. The minimum absolute atomic E-state index is 0.846. The van der Waals surface area contributed by atoms with Gasteiger partial charge >= 0.3 is 0 Å². The minimum Gasteiger partial charge on any atom is -0.456 e. The van der Waals surface area contributed by atoms with Gasteiger partial charge in [-0.25, -0.2) is 0 Å². The molecule has 4 aromatic heterocycles. The van der Waals surface area contributed by atoms with E-state index in [1.165, 1.54) is 131 Å². The van der Waals surface area contributed by atoms with E-state index in [4.69, 9.17) is 17.7 Å². The standard InChI is InChI=1S/2C30H22O.C28H19NO.C23H17NO/c1-20-14-16-21(17-15-20)18-24-11-7-13-26-27-19-23-10-5-6-12-25(23)28(30(27)31-29(24)26)22-8-3-2-4-9-22;1-20-14-16-21(17-15-20)18-27-24-11-6-5-10-23(24)19-28-26-13-7-12-25(29(26)31-30(27)28)22-8-3-2-4-9-22;1-3-9-19(10-4-1)27-23-14-8-7-11-20(23)17-25-24-18-22(15-16-26(24)30-28(25)27)29-21-12-5-2-6-13-21;1-15-13-16-7-5-6-10-19(16)22-20-14-18(11-12-21(20)25-23(15)22)24-17-8-3-2-4-9-17/h2*2-17,19H,18H2,1H3;1-18,29H;2-14,24H,1H3. The summed E-state index contributed by atoms with van der Waals surface area (Å²) in [5.74, 6) is 0. The maximum Gasteiger partial charge on any atom is 0.143 e. The monoisotopic (exact) mass is 1500 g/mol. The van der Waals surface area contributed by atoms with Gasteiger partial charge in [0, 0.05) is 101 Å². The maximum atomic E-state index is 6.67. The van der Waals surface area contributed by atoms with Crippen LogP contribution in [0.15, 0.2) is 412 Å². The molecule has 23 rings (SSSR count). The Morgan fingerprint density at radius 3 is 1.20 bits per heavy atom. The average molecular weight is 1510 g/mol. The lowest BCUT2D eigenvalue weighted by Crippen LogP contribution is -1.91. The van der Waals surface area contributed by atoms with E-state index in [1.54, 1.807) is 0 Å². The van der Waals surface area contributed by atoms with E-state index < -0.39 is 0 Å². The summed E-state index contributed by atoms with van der Waals surface area (Å²) in [6.07, 6.45) is 1.70. The lowest BCUT2D eigenvalue weighted by atomic mass is 9.95. The van der Waals surface area contributed by atoms with Crippen LogP contribution in [0.2, 0.25) is 0 Å². The molecule has 0 aliphatic carbocycles. The number of nitrogens with one attached hydrogen (secondary N) is 2. The Kier molecular flexibility index (Phi) is 18.7. The highest BCUT2D eigenvalue weighted by molar-refractivity contribution is 6.22. The molecule has 0 spiro atoms. The van der Waals surface area contributed by atoms with Gasteiger partial charge in [0.1, 0.15) is 44.7 Å². The van der Waals surface area contributed by atoms with Crippen LogP contribution in [0, 0.1) is 20.8 Å². The fourth-order valence-electron chi connectivity index (χ4n) is 17.0. The van der Waals surface area contributed by atoms with Gasteiger partial charge in [-0.2, -0.15) is 0 Å².